The zero-order chi connectivity index (χ0) is 19.2. The summed E-state index contributed by atoms with van der Waals surface area (Å²) in [5.74, 6) is 0.430. The van der Waals surface area contributed by atoms with Gasteiger partial charge in [0.1, 0.15) is 11.6 Å². The van der Waals surface area contributed by atoms with E-state index >= 15 is 0 Å². The maximum absolute atomic E-state index is 14.1. The van der Waals surface area contributed by atoms with Crippen molar-refractivity contribution in [3.63, 3.8) is 0 Å². The first-order valence-corrected chi connectivity index (χ1v) is 9.47. The van der Waals surface area contributed by atoms with E-state index in [9.17, 15) is 4.39 Å². The molecule has 0 saturated carbocycles. The summed E-state index contributed by atoms with van der Waals surface area (Å²) in [6.45, 7) is 7.88. The van der Waals surface area contributed by atoms with Gasteiger partial charge in [-0.3, -0.25) is 4.90 Å². The first kappa shape index (κ1) is 17.9. The number of nitrogens with two attached hydrogens (primary N) is 1. The molecule has 2 N–H and O–H groups in total. The SMILES string of the molecule is CC(C)(C)c1cc2nc(C3CCCN3Cc3ccccc3F)cc(N)n2n1. The van der Waals surface area contributed by atoms with Crippen molar-refractivity contribution >= 4 is 11.5 Å². The van der Waals surface area contributed by atoms with Crippen molar-refractivity contribution in [3.8, 4) is 0 Å². The summed E-state index contributed by atoms with van der Waals surface area (Å²) in [5.41, 5.74) is 9.62. The maximum atomic E-state index is 14.1. The number of hydrogen-bond acceptors (Lipinski definition) is 4. The van der Waals surface area contributed by atoms with Crippen molar-refractivity contribution in [1.29, 1.82) is 0 Å². The van der Waals surface area contributed by atoms with Crippen LogP contribution in [0.3, 0.4) is 0 Å². The van der Waals surface area contributed by atoms with E-state index in [0.717, 1.165) is 42.0 Å². The summed E-state index contributed by atoms with van der Waals surface area (Å²) in [6.07, 6.45) is 2.07. The van der Waals surface area contributed by atoms with Gasteiger partial charge < -0.3 is 5.73 Å². The summed E-state index contributed by atoms with van der Waals surface area (Å²) in [5, 5.41) is 4.62. The van der Waals surface area contributed by atoms with Gasteiger partial charge in [-0.05, 0) is 25.5 Å². The van der Waals surface area contributed by atoms with E-state index in [-0.39, 0.29) is 17.3 Å². The fraction of sp³-hybridized carbons (Fsp3) is 0.429. The predicted octanol–water partition coefficient (Wildman–Crippen LogP) is 4.09. The molecular formula is C21H26FN5. The standard InChI is InChI=1S/C21H26FN5/c1-21(2,3)18-12-20-24-16(11-19(23)27(20)25-18)17-9-6-10-26(17)13-14-7-4-5-8-15(14)22/h4-5,7-8,11-12,17H,6,9-10,13,23H2,1-3H3. The highest BCUT2D eigenvalue weighted by molar-refractivity contribution is 5.49. The van der Waals surface area contributed by atoms with Gasteiger partial charge in [0.05, 0.1) is 17.4 Å². The molecule has 1 aliphatic rings. The van der Waals surface area contributed by atoms with Crippen molar-refractivity contribution in [2.24, 2.45) is 0 Å². The molecule has 142 valence electrons. The summed E-state index contributed by atoms with van der Waals surface area (Å²) in [6, 6.07) is 11.0. The average Bonchev–Trinajstić information content (AvgIpc) is 3.23. The molecule has 0 radical (unpaired) electrons. The van der Waals surface area contributed by atoms with Crippen LogP contribution in [0.2, 0.25) is 0 Å². The topological polar surface area (TPSA) is 59.5 Å². The third kappa shape index (κ3) is 3.41. The summed E-state index contributed by atoms with van der Waals surface area (Å²) < 4.78 is 15.8. The molecule has 1 aliphatic heterocycles. The first-order chi connectivity index (χ1) is 12.8. The maximum Gasteiger partial charge on any atom is 0.157 e. The lowest BCUT2D eigenvalue weighted by Crippen LogP contribution is -2.24. The predicted molar refractivity (Wildman–Crippen MR) is 105 cm³/mol. The number of anilines is 1. The second-order valence-corrected chi connectivity index (χ2v) is 8.38. The lowest BCUT2D eigenvalue weighted by Gasteiger charge is -2.24. The minimum atomic E-state index is -0.156. The molecule has 1 aromatic carbocycles. The van der Waals surface area contributed by atoms with E-state index in [1.165, 1.54) is 6.07 Å². The molecule has 6 heteroatoms. The molecule has 4 rings (SSSR count). The van der Waals surface area contributed by atoms with E-state index in [1.54, 1.807) is 10.6 Å². The summed E-state index contributed by atoms with van der Waals surface area (Å²) in [4.78, 5) is 7.14. The quantitative estimate of drug-likeness (QED) is 0.758. The lowest BCUT2D eigenvalue weighted by molar-refractivity contribution is 0.241. The van der Waals surface area contributed by atoms with E-state index in [0.29, 0.717) is 12.4 Å². The molecule has 3 heterocycles. The number of nitrogens with zero attached hydrogens (tertiary/aromatic N) is 4. The van der Waals surface area contributed by atoms with Gasteiger partial charge in [0, 0.05) is 29.7 Å². The molecule has 0 bridgehead atoms. The molecule has 1 atom stereocenters. The molecule has 0 spiro atoms. The summed E-state index contributed by atoms with van der Waals surface area (Å²) in [7, 11) is 0. The first-order valence-electron chi connectivity index (χ1n) is 9.47. The number of nitrogen functional groups attached to an aromatic ring is 1. The highest BCUT2D eigenvalue weighted by Crippen LogP contribution is 2.34. The Labute approximate surface area is 159 Å². The smallest absolute Gasteiger partial charge is 0.157 e. The zero-order valence-electron chi connectivity index (χ0n) is 16.1. The molecule has 27 heavy (non-hydrogen) atoms. The molecule has 3 aromatic rings. The minimum absolute atomic E-state index is 0.0649. The molecule has 1 saturated heterocycles. The van der Waals surface area contributed by atoms with Gasteiger partial charge in [0.15, 0.2) is 5.65 Å². The Hall–Kier alpha value is -2.47. The van der Waals surface area contributed by atoms with E-state index < -0.39 is 0 Å². The number of aromatic nitrogens is 3. The molecule has 5 nitrogen and oxygen atoms in total. The Morgan fingerprint density at radius 2 is 2.00 bits per heavy atom. The Morgan fingerprint density at radius 3 is 2.74 bits per heavy atom. The molecular weight excluding hydrogens is 341 g/mol. The van der Waals surface area contributed by atoms with Crippen molar-refractivity contribution in [1.82, 2.24) is 19.5 Å². The molecule has 1 unspecified atom stereocenters. The molecule has 0 amide bonds. The van der Waals surface area contributed by atoms with Crippen LogP contribution in [0.25, 0.3) is 5.65 Å². The van der Waals surface area contributed by atoms with Gasteiger partial charge in [-0.1, -0.05) is 39.0 Å². The second-order valence-electron chi connectivity index (χ2n) is 8.38. The number of halogens is 1. The van der Waals surface area contributed by atoms with Crippen molar-refractivity contribution in [3.05, 3.63) is 59.2 Å². The van der Waals surface area contributed by atoms with Crippen molar-refractivity contribution < 1.29 is 4.39 Å². The van der Waals surface area contributed by atoms with Crippen LogP contribution in [0.5, 0.6) is 0 Å². The Balaban J connectivity index is 1.67. The van der Waals surface area contributed by atoms with Gasteiger partial charge in [-0.25, -0.2) is 9.37 Å². The Bertz CT molecular complexity index is 972. The van der Waals surface area contributed by atoms with Gasteiger partial charge in [0.25, 0.3) is 0 Å². The number of rotatable bonds is 3. The summed E-state index contributed by atoms with van der Waals surface area (Å²) >= 11 is 0. The van der Waals surface area contributed by atoms with Crippen LogP contribution in [0.1, 0.15) is 56.6 Å². The van der Waals surface area contributed by atoms with Crippen molar-refractivity contribution in [2.45, 2.75) is 51.6 Å². The minimum Gasteiger partial charge on any atom is -0.384 e. The third-order valence-electron chi connectivity index (χ3n) is 5.28. The highest BCUT2D eigenvalue weighted by Gasteiger charge is 2.29. The van der Waals surface area contributed by atoms with Crippen LogP contribution in [0.4, 0.5) is 10.2 Å². The van der Waals surface area contributed by atoms with Crippen LogP contribution < -0.4 is 5.73 Å². The van der Waals surface area contributed by atoms with Crippen LogP contribution in [-0.4, -0.2) is 26.0 Å². The van der Waals surface area contributed by atoms with E-state index in [2.05, 4.69) is 30.8 Å². The highest BCUT2D eigenvalue weighted by atomic mass is 19.1. The second kappa shape index (κ2) is 6.60. The van der Waals surface area contributed by atoms with Gasteiger partial charge in [-0.15, -0.1) is 0 Å². The Kier molecular flexibility index (Phi) is 4.38. The number of fused-ring (bicyclic) bond motifs is 1. The van der Waals surface area contributed by atoms with Gasteiger partial charge in [0.2, 0.25) is 0 Å². The largest absolute Gasteiger partial charge is 0.384 e. The average molecular weight is 367 g/mol. The van der Waals surface area contributed by atoms with Crippen LogP contribution >= 0.6 is 0 Å². The zero-order valence-corrected chi connectivity index (χ0v) is 16.1. The lowest BCUT2D eigenvalue weighted by atomic mass is 9.93. The fourth-order valence-electron chi connectivity index (χ4n) is 3.75. The normalized spacial score (nSPS) is 18.4. The van der Waals surface area contributed by atoms with E-state index in [1.807, 2.05) is 24.3 Å². The van der Waals surface area contributed by atoms with Crippen LogP contribution in [-0.2, 0) is 12.0 Å². The number of benzene rings is 1. The third-order valence-corrected chi connectivity index (χ3v) is 5.28. The van der Waals surface area contributed by atoms with Crippen LogP contribution in [0, 0.1) is 5.82 Å². The monoisotopic (exact) mass is 367 g/mol. The van der Waals surface area contributed by atoms with Crippen molar-refractivity contribution in [2.75, 3.05) is 12.3 Å². The van der Waals surface area contributed by atoms with Crippen LogP contribution in [0.15, 0.2) is 36.4 Å². The molecule has 1 fully saturated rings. The fourth-order valence-corrected chi connectivity index (χ4v) is 3.75. The Morgan fingerprint density at radius 1 is 1.22 bits per heavy atom. The van der Waals surface area contributed by atoms with Gasteiger partial charge in [-0.2, -0.15) is 9.61 Å². The van der Waals surface area contributed by atoms with Gasteiger partial charge >= 0.3 is 0 Å². The molecule has 0 aliphatic carbocycles. The number of likely N-dealkylation sites (tertiary alicyclic amines) is 1. The molecule has 2 aromatic heterocycles. The number of hydrogen-bond donors (Lipinski definition) is 1. The van der Waals surface area contributed by atoms with E-state index in [4.69, 9.17) is 10.7 Å².